The quantitative estimate of drug-likeness (QED) is 0.521. The van der Waals surface area contributed by atoms with E-state index in [9.17, 15) is 4.79 Å². The van der Waals surface area contributed by atoms with Crippen LogP contribution in [0, 0.1) is 0 Å². The molecule has 0 fully saturated rings. The van der Waals surface area contributed by atoms with Crippen LogP contribution < -0.4 is 0 Å². The van der Waals surface area contributed by atoms with E-state index in [1.165, 1.54) is 0 Å². The van der Waals surface area contributed by atoms with Gasteiger partial charge >= 0.3 is 14.6 Å². The summed E-state index contributed by atoms with van der Waals surface area (Å²) in [4.78, 5) is 19.3. The van der Waals surface area contributed by atoms with E-state index in [0.717, 1.165) is 6.08 Å². The van der Waals surface area contributed by atoms with Crippen LogP contribution in [0.4, 0.5) is 0 Å². The van der Waals surface area contributed by atoms with Gasteiger partial charge in [0.2, 0.25) is 0 Å². The molecule has 0 aliphatic carbocycles. The third kappa shape index (κ3) is 5.98. The summed E-state index contributed by atoms with van der Waals surface area (Å²) in [5.41, 5.74) is 0. The summed E-state index contributed by atoms with van der Waals surface area (Å²) >= 11 is 0. The van der Waals surface area contributed by atoms with Crippen LogP contribution in [0.1, 0.15) is 13.8 Å². The van der Waals surface area contributed by atoms with Crippen LogP contribution in [0.25, 0.3) is 0 Å². The summed E-state index contributed by atoms with van der Waals surface area (Å²) in [6.45, 7) is 6.62. The molecule has 0 heterocycles. The van der Waals surface area contributed by atoms with Gasteiger partial charge in [0.15, 0.2) is 0 Å². The van der Waals surface area contributed by atoms with Crippen molar-refractivity contribution in [3.8, 4) is 0 Å². The van der Waals surface area contributed by atoms with Gasteiger partial charge in [-0.3, -0.25) is 4.52 Å². The van der Waals surface area contributed by atoms with Crippen LogP contribution in [-0.4, -0.2) is 17.0 Å². The van der Waals surface area contributed by atoms with Gasteiger partial charge in [-0.2, -0.15) is 0 Å². The Labute approximate surface area is 66.8 Å². The van der Waals surface area contributed by atoms with Crippen molar-refractivity contribution in [1.82, 2.24) is 0 Å². The van der Waals surface area contributed by atoms with E-state index in [1.54, 1.807) is 13.8 Å². The molecule has 0 saturated carbocycles. The highest BCUT2D eigenvalue weighted by molar-refractivity contribution is 7.41. The van der Waals surface area contributed by atoms with Crippen molar-refractivity contribution < 1.29 is 18.7 Å². The molecule has 0 bridgehead atoms. The lowest BCUT2D eigenvalue weighted by atomic mass is 10.5. The van der Waals surface area contributed by atoms with Crippen molar-refractivity contribution in [1.29, 1.82) is 0 Å². The van der Waals surface area contributed by atoms with Gasteiger partial charge in [0.1, 0.15) is 0 Å². The Balaban J connectivity index is 3.59. The Hall–Kier alpha value is -0.440. The van der Waals surface area contributed by atoms with Gasteiger partial charge in [-0.15, -0.1) is 0 Å². The van der Waals surface area contributed by atoms with Crippen LogP contribution in [-0.2, 0) is 13.8 Å². The molecule has 1 unspecified atom stereocenters. The lowest BCUT2D eigenvalue weighted by Crippen LogP contribution is -2.02. The summed E-state index contributed by atoms with van der Waals surface area (Å²) in [5, 5.41) is 0. The van der Waals surface area contributed by atoms with E-state index in [1.807, 2.05) is 0 Å². The van der Waals surface area contributed by atoms with Gasteiger partial charge in [-0.05, 0) is 13.8 Å². The molecule has 0 aliphatic heterocycles. The maximum atomic E-state index is 10.4. The molecule has 0 aromatic carbocycles. The molecule has 0 saturated heterocycles. The average molecular weight is 178 g/mol. The first-order valence-corrected chi connectivity index (χ1v) is 4.19. The Morgan fingerprint density at radius 2 is 2.27 bits per heavy atom. The van der Waals surface area contributed by atoms with Gasteiger partial charge in [-0.1, -0.05) is 6.58 Å². The van der Waals surface area contributed by atoms with E-state index in [4.69, 9.17) is 9.42 Å². The maximum Gasteiger partial charge on any atom is 0.397 e. The highest BCUT2D eigenvalue weighted by atomic mass is 31.2. The molecule has 0 amide bonds. The van der Waals surface area contributed by atoms with Crippen molar-refractivity contribution in [2.75, 3.05) is 0 Å². The standard InChI is InChI=1S/C6H11O4P/c1-4-6(7)10-11(8)9-5(2)3/h4-5,8H,1H2,2-3H3. The average Bonchev–Trinajstić information content (AvgIpc) is 1.85. The van der Waals surface area contributed by atoms with Crippen LogP contribution >= 0.6 is 8.60 Å². The number of rotatable bonds is 4. The van der Waals surface area contributed by atoms with Crippen molar-refractivity contribution in [2.24, 2.45) is 0 Å². The molecule has 0 aromatic rings. The molecule has 0 spiro atoms. The smallest absolute Gasteiger partial charge is 0.391 e. The molecule has 0 rings (SSSR count). The fourth-order valence-corrected chi connectivity index (χ4v) is 0.948. The van der Waals surface area contributed by atoms with E-state index < -0.39 is 14.6 Å². The summed E-state index contributed by atoms with van der Waals surface area (Å²) in [6, 6.07) is 0. The normalized spacial score (nSPS) is 12.7. The molecule has 4 nitrogen and oxygen atoms in total. The van der Waals surface area contributed by atoms with Gasteiger partial charge in [0, 0.05) is 6.08 Å². The zero-order valence-corrected chi connectivity index (χ0v) is 7.38. The van der Waals surface area contributed by atoms with Crippen molar-refractivity contribution in [3.05, 3.63) is 12.7 Å². The SMILES string of the molecule is C=CC(=O)OP(O)OC(C)C. The topological polar surface area (TPSA) is 55.8 Å². The fraction of sp³-hybridized carbons (Fsp3) is 0.500. The first-order valence-electron chi connectivity index (χ1n) is 3.06. The molecule has 64 valence electrons. The third-order valence-corrected chi connectivity index (χ3v) is 1.57. The first kappa shape index (κ1) is 10.6. The second-order valence-corrected chi connectivity index (χ2v) is 2.88. The zero-order valence-electron chi connectivity index (χ0n) is 6.48. The third-order valence-electron chi connectivity index (χ3n) is 0.636. The predicted molar refractivity (Wildman–Crippen MR) is 41.6 cm³/mol. The largest absolute Gasteiger partial charge is 0.397 e. The minimum absolute atomic E-state index is 0.163. The summed E-state index contributed by atoms with van der Waals surface area (Å²) in [5.74, 6) is -0.681. The zero-order chi connectivity index (χ0) is 8.85. The number of carbonyl (C=O) groups excluding carboxylic acids is 1. The Kier molecular flexibility index (Phi) is 5.03. The molecule has 1 atom stereocenters. The minimum atomic E-state index is -2.09. The van der Waals surface area contributed by atoms with Gasteiger partial charge in [0.05, 0.1) is 6.10 Å². The minimum Gasteiger partial charge on any atom is -0.391 e. The lowest BCUT2D eigenvalue weighted by Gasteiger charge is -2.10. The summed E-state index contributed by atoms with van der Waals surface area (Å²) in [7, 11) is -2.09. The number of hydrogen-bond acceptors (Lipinski definition) is 4. The van der Waals surface area contributed by atoms with E-state index in [0.29, 0.717) is 0 Å². The molecular weight excluding hydrogens is 167 g/mol. The lowest BCUT2D eigenvalue weighted by molar-refractivity contribution is -0.129. The Morgan fingerprint density at radius 3 is 2.64 bits per heavy atom. The number of carbonyl (C=O) groups is 1. The van der Waals surface area contributed by atoms with Crippen molar-refractivity contribution in [2.45, 2.75) is 20.0 Å². The first-order chi connectivity index (χ1) is 5.06. The van der Waals surface area contributed by atoms with Gasteiger partial charge in [0.25, 0.3) is 0 Å². The molecule has 0 aromatic heterocycles. The summed E-state index contributed by atoms with van der Waals surface area (Å²) in [6.07, 6.45) is 0.804. The second-order valence-electron chi connectivity index (χ2n) is 2.01. The van der Waals surface area contributed by atoms with Crippen LogP contribution in [0.15, 0.2) is 12.7 Å². The Morgan fingerprint density at radius 1 is 1.73 bits per heavy atom. The van der Waals surface area contributed by atoms with E-state index in [2.05, 4.69) is 11.1 Å². The van der Waals surface area contributed by atoms with Gasteiger partial charge in [-0.25, -0.2) is 4.79 Å². The van der Waals surface area contributed by atoms with Crippen molar-refractivity contribution in [3.63, 3.8) is 0 Å². The van der Waals surface area contributed by atoms with Crippen LogP contribution in [0.5, 0.6) is 0 Å². The summed E-state index contributed by atoms with van der Waals surface area (Å²) < 4.78 is 9.10. The highest BCUT2D eigenvalue weighted by Gasteiger charge is 2.12. The molecule has 0 aliphatic rings. The van der Waals surface area contributed by atoms with Gasteiger partial charge < -0.3 is 9.42 Å². The molecule has 0 radical (unpaired) electrons. The predicted octanol–water partition coefficient (Wildman–Crippen LogP) is 1.36. The second kappa shape index (κ2) is 5.24. The molecule has 5 heteroatoms. The molecular formula is C6H11O4P. The maximum absolute atomic E-state index is 10.4. The van der Waals surface area contributed by atoms with Crippen LogP contribution in [0.2, 0.25) is 0 Å². The molecule has 11 heavy (non-hydrogen) atoms. The van der Waals surface area contributed by atoms with Crippen molar-refractivity contribution >= 4 is 14.6 Å². The monoisotopic (exact) mass is 178 g/mol. The van der Waals surface area contributed by atoms with E-state index in [-0.39, 0.29) is 6.10 Å². The Bertz CT molecular complexity index is 146. The number of hydrogen-bond donors (Lipinski definition) is 1. The highest BCUT2D eigenvalue weighted by Crippen LogP contribution is 2.34. The fourth-order valence-electron chi connectivity index (χ4n) is 0.316. The molecule has 1 N–H and O–H groups in total. The van der Waals surface area contributed by atoms with Crippen LogP contribution in [0.3, 0.4) is 0 Å². The van der Waals surface area contributed by atoms with E-state index >= 15 is 0 Å².